The summed E-state index contributed by atoms with van der Waals surface area (Å²) in [4.78, 5) is 39.6. The Morgan fingerprint density at radius 1 is 1.28 bits per heavy atom. The topological polar surface area (TPSA) is 100 Å². The molecule has 7 heteroatoms. The van der Waals surface area contributed by atoms with Crippen molar-refractivity contribution < 1.29 is 14.4 Å². The Morgan fingerprint density at radius 3 is 2.88 bits per heavy atom. The van der Waals surface area contributed by atoms with Crippen LogP contribution in [-0.4, -0.2) is 29.3 Å². The largest absolute Gasteiger partial charge is 0.343 e. The van der Waals surface area contributed by atoms with E-state index in [1.54, 1.807) is 37.4 Å². The minimum atomic E-state index is -0.329. The second-order valence-corrected chi connectivity index (χ2v) is 5.85. The third-order valence-electron chi connectivity index (χ3n) is 3.95. The fraction of sp³-hybridized carbons (Fsp3) is 0.222. The normalized spacial score (nSPS) is 12.8. The molecule has 0 fully saturated rings. The summed E-state index contributed by atoms with van der Waals surface area (Å²) in [5.41, 5.74) is 3.49. The van der Waals surface area contributed by atoms with Crippen molar-refractivity contribution in [3.05, 3.63) is 53.3 Å². The van der Waals surface area contributed by atoms with Crippen LogP contribution in [0.5, 0.6) is 0 Å². The molecule has 128 valence electrons. The van der Waals surface area contributed by atoms with Gasteiger partial charge in [0.05, 0.1) is 18.4 Å². The molecule has 1 aliphatic rings. The molecule has 0 spiro atoms. The van der Waals surface area contributed by atoms with E-state index >= 15 is 0 Å². The van der Waals surface area contributed by atoms with Crippen molar-refractivity contribution in [2.45, 2.75) is 19.8 Å². The van der Waals surface area contributed by atoms with Crippen LogP contribution in [0.15, 0.2) is 36.7 Å². The molecular weight excluding hydrogens is 320 g/mol. The van der Waals surface area contributed by atoms with Crippen LogP contribution in [-0.2, 0) is 16.0 Å². The lowest BCUT2D eigenvalue weighted by Gasteiger charge is -2.19. The molecule has 0 unspecified atom stereocenters. The van der Waals surface area contributed by atoms with Gasteiger partial charge in [-0.3, -0.25) is 19.4 Å². The smallest absolute Gasteiger partial charge is 0.251 e. The summed E-state index contributed by atoms with van der Waals surface area (Å²) in [5, 5.41) is 8.07. The minimum Gasteiger partial charge on any atom is -0.343 e. The van der Waals surface area contributed by atoms with Crippen LogP contribution in [0.2, 0.25) is 0 Å². The number of nitrogens with one attached hydrogen (secondary N) is 3. The van der Waals surface area contributed by atoms with Crippen molar-refractivity contribution in [3.63, 3.8) is 0 Å². The molecule has 0 bridgehead atoms. The predicted octanol–water partition coefficient (Wildman–Crippen LogP) is 1.64. The van der Waals surface area contributed by atoms with Crippen molar-refractivity contribution in [2.75, 3.05) is 17.2 Å². The average molecular weight is 338 g/mol. The van der Waals surface area contributed by atoms with Crippen molar-refractivity contribution in [1.82, 2.24) is 10.3 Å². The van der Waals surface area contributed by atoms with E-state index in [4.69, 9.17) is 0 Å². The highest BCUT2D eigenvalue weighted by atomic mass is 16.2. The van der Waals surface area contributed by atoms with Gasteiger partial charge in [-0.1, -0.05) is 0 Å². The Labute approximate surface area is 144 Å². The molecule has 2 heterocycles. The van der Waals surface area contributed by atoms with Gasteiger partial charge in [0, 0.05) is 23.9 Å². The number of benzene rings is 1. The molecule has 2 aromatic rings. The molecule has 0 saturated carbocycles. The van der Waals surface area contributed by atoms with E-state index in [1.165, 1.54) is 6.20 Å². The van der Waals surface area contributed by atoms with Gasteiger partial charge >= 0.3 is 0 Å². The number of amides is 3. The lowest BCUT2D eigenvalue weighted by Crippen LogP contribution is -2.33. The van der Waals surface area contributed by atoms with E-state index in [1.807, 2.05) is 0 Å². The first-order chi connectivity index (χ1) is 12.0. The maximum Gasteiger partial charge on any atom is 0.251 e. The number of pyridine rings is 1. The van der Waals surface area contributed by atoms with Crippen molar-refractivity contribution >= 4 is 29.1 Å². The monoisotopic (exact) mass is 338 g/mol. The summed E-state index contributed by atoms with van der Waals surface area (Å²) >= 11 is 0. The van der Waals surface area contributed by atoms with Gasteiger partial charge in [-0.2, -0.15) is 0 Å². The predicted molar refractivity (Wildman–Crippen MR) is 93.3 cm³/mol. The third-order valence-corrected chi connectivity index (χ3v) is 3.95. The number of anilines is 2. The van der Waals surface area contributed by atoms with Gasteiger partial charge in [-0.15, -0.1) is 0 Å². The highest BCUT2D eigenvalue weighted by Crippen LogP contribution is 2.26. The van der Waals surface area contributed by atoms with Crippen molar-refractivity contribution in [3.8, 4) is 0 Å². The van der Waals surface area contributed by atoms with E-state index in [0.29, 0.717) is 24.1 Å². The molecule has 0 atom stereocenters. The zero-order chi connectivity index (χ0) is 17.8. The molecule has 3 amide bonds. The Morgan fingerprint density at radius 2 is 2.12 bits per heavy atom. The average Bonchev–Trinajstić information content (AvgIpc) is 2.60. The summed E-state index contributed by atoms with van der Waals surface area (Å²) in [5.74, 6) is -0.668. The number of aromatic nitrogens is 1. The number of carbonyl (C=O) groups excluding carboxylic acids is 3. The van der Waals surface area contributed by atoms with Gasteiger partial charge in [0.15, 0.2) is 0 Å². The summed E-state index contributed by atoms with van der Waals surface area (Å²) in [6.07, 6.45) is 4.15. The Bertz CT molecular complexity index is 834. The van der Waals surface area contributed by atoms with E-state index < -0.39 is 0 Å². The van der Waals surface area contributed by atoms with Crippen molar-refractivity contribution in [2.24, 2.45) is 0 Å². The zero-order valence-electron chi connectivity index (χ0n) is 13.8. The maximum absolute atomic E-state index is 12.4. The highest BCUT2D eigenvalue weighted by molar-refractivity contribution is 6.01. The van der Waals surface area contributed by atoms with Gasteiger partial charge in [0.25, 0.3) is 5.91 Å². The van der Waals surface area contributed by atoms with Crippen LogP contribution >= 0.6 is 0 Å². The molecule has 1 aliphatic heterocycles. The second kappa shape index (κ2) is 7.12. The highest BCUT2D eigenvalue weighted by Gasteiger charge is 2.19. The Hall–Kier alpha value is -3.22. The van der Waals surface area contributed by atoms with E-state index in [9.17, 15) is 14.4 Å². The minimum absolute atomic E-state index is 0.0174. The van der Waals surface area contributed by atoms with Gasteiger partial charge in [-0.25, -0.2) is 0 Å². The summed E-state index contributed by atoms with van der Waals surface area (Å²) in [7, 11) is 0. The third kappa shape index (κ3) is 4.00. The quantitative estimate of drug-likeness (QED) is 0.789. The number of nitrogens with zero attached hydrogens (tertiary/aromatic N) is 1. The molecule has 7 nitrogen and oxygen atoms in total. The summed E-state index contributed by atoms with van der Waals surface area (Å²) < 4.78 is 0. The SMILES string of the molecule is Cc1cc2c(cc1C(=O)NCC(=O)Nc1cccnc1)CCC(=O)N2. The number of rotatable bonds is 4. The van der Waals surface area contributed by atoms with E-state index in [0.717, 1.165) is 16.8 Å². The lowest BCUT2D eigenvalue weighted by molar-refractivity contribution is -0.116. The summed E-state index contributed by atoms with van der Waals surface area (Å²) in [6, 6.07) is 6.99. The van der Waals surface area contributed by atoms with E-state index in [-0.39, 0.29) is 24.3 Å². The molecule has 25 heavy (non-hydrogen) atoms. The zero-order valence-corrected chi connectivity index (χ0v) is 13.8. The standard InChI is InChI=1S/C18H18N4O3/c1-11-7-15-12(4-5-16(23)22-15)8-14(11)18(25)20-10-17(24)21-13-3-2-6-19-9-13/h2-3,6-9H,4-5,10H2,1H3,(H,20,25)(H,21,24)(H,22,23). The second-order valence-electron chi connectivity index (χ2n) is 5.85. The van der Waals surface area contributed by atoms with Crippen LogP contribution < -0.4 is 16.0 Å². The first-order valence-corrected chi connectivity index (χ1v) is 7.94. The number of hydrogen-bond donors (Lipinski definition) is 3. The van der Waals surface area contributed by atoms with Crippen LogP contribution in [0, 0.1) is 6.92 Å². The van der Waals surface area contributed by atoms with E-state index in [2.05, 4.69) is 20.9 Å². The van der Waals surface area contributed by atoms with Crippen LogP contribution in [0.25, 0.3) is 0 Å². The van der Waals surface area contributed by atoms with Crippen LogP contribution in [0.3, 0.4) is 0 Å². The summed E-state index contributed by atoms with van der Waals surface area (Å²) in [6.45, 7) is 1.66. The number of aryl methyl sites for hydroxylation is 2. The van der Waals surface area contributed by atoms with Gasteiger partial charge < -0.3 is 16.0 Å². The first-order valence-electron chi connectivity index (χ1n) is 7.94. The number of carbonyl (C=O) groups is 3. The molecule has 0 radical (unpaired) electrons. The number of hydrogen-bond acceptors (Lipinski definition) is 4. The Kier molecular flexibility index (Phi) is 4.74. The molecule has 3 rings (SSSR count). The molecule has 1 aromatic carbocycles. The first kappa shape index (κ1) is 16.6. The fourth-order valence-electron chi connectivity index (χ4n) is 2.68. The van der Waals surface area contributed by atoms with Crippen molar-refractivity contribution in [1.29, 1.82) is 0 Å². The van der Waals surface area contributed by atoms with Crippen LogP contribution in [0.1, 0.15) is 27.9 Å². The van der Waals surface area contributed by atoms with Gasteiger partial charge in [0.2, 0.25) is 11.8 Å². The van der Waals surface area contributed by atoms with Gasteiger partial charge in [-0.05, 0) is 48.7 Å². The van der Waals surface area contributed by atoms with Gasteiger partial charge in [0.1, 0.15) is 0 Å². The molecule has 1 aromatic heterocycles. The molecule has 3 N–H and O–H groups in total. The maximum atomic E-state index is 12.4. The molecular formula is C18H18N4O3. The molecule has 0 saturated heterocycles. The number of fused-ring (bicyclic) bond motifs is 1. The fourth-order valence-corrected chi connectivity index (χ4v) is 2.68. The Balaban J connectivity index is 1.63. The molecule has 0 aliphatic carbocycles. The lowest BCUT2D eigenvalue weighted by atomic mass is 9.96. The van der Waals surface area contributed by atoms with Crippen LogP contribution in [0.4, 0.5) is 11.4 Å².